The van der Waals surface area contributed by atoms with Crippen molar-refractivity contribution in [1.29, 1.82) is 0 Å². The van der Waals surface area contributed by atoms with Gasteiger partial charge in [0.25, 0.3) is 0 Å². The smallest absolute Gasteiger partial charge is 0.167 e. The molecule has 0 fully saturated rings. The molecule has 0 bridgehead atoms. The SMILES string of the molecule is Bc1cc(B)c2c(c1B)c1c(B)c(B)cc(B)c1n2-c1cc(-c2ccccc2)c2oc3cc(-c4nc(-c5ccccc5)nc(-c5cccc6c5oc5ccccc56)n4)ccc3c2c1. The zero-order valence-corrected chi connectivity index (χ0v) is 36.0. The normalized spacial score (nSPS) is 11.9. The van der Waals surface area contributed by atoms with E-state index in [2.05, 4.69) is 137 Å². The Balaban J connectivity index is 1.10. The molecule has 0 amide bonds. The lowest BCUT2D eigenvalue weighted by atomic mass is 9.71. The molecule has 0 radical (unpaired) electrons. The highest BCUT2D eigenvalue weighted by Gasteiger charge is 2.24. The van der Waals surface area contributed by atoms with E-state index < -0.39 is 0 Å². The van der Waals surface area contributed by atoms with Crippen LogP contribution in [0.1, 0.15) is 0 Å². The molecule has 290 valence electrons. The molecule has 12 rings (SSSR count). The maximum atomic E-state index is 6.99. The van der Waals surface area contributed by atoms with E-state index >= 15 is 0 Å². The zero-order chi connectivity index (χ0) is 42.7. The maximum absolute atomic E-state index is 6.99. The molecule has 4 heterocycles. The number of aromatic nitrogens is 4. The van der Waals surface area contributed by atoms with Crippen LogP contribution in [0.5, 0.6) is 0 Å². The van der Waals surface area contributed by atoms with Gasteiger partial charge in [0, 0.05) is 55.0 Å². The lowest BCUT2D eigenvalue weighted by Gasteiger charge is -2.15. The Morgan fingerprint density at radius 1 is 0.381 bits per heavy atom. The second-order valence-corrected chi connectivity index (χ2v) is 17.1. The van der Waals surface area contributed by atoms with Crippen molar-refractivity contribution in [2.45, 2.75) is 0 Å². The molecule has 0 saturated carbocycles. The second-order valence-electron chi connectivity index (χ2n) is 17.1. The highest BCUT2D eigenvalue weighted by molar-refractivity contribution is 6.62. The van der Waals surface area contributed by atoms with Crippen LogP contribution in [-0.2, 0) is 0 Å². The van der Waals surface area contributed by atoms with Crippen molar-refractivity contribution in [2.75, 3.05) is 0 Å². The van der Waals surface area contributed by atoms with E-state index in [0.717, 1.165) is 77.4 Å². The third-order valence-corrected chi connectivity index (χ3v) is 13.2. The monoisotopic (exact) mass is 802 g/mol. The molecule has 0 saturated heterocycles. The average Bonchev–Trinajstić information content (AvgIpc) is 4.01. The first-order valence-electron chi connectivity index (χ1n) is 21.5. The van der Waals surface area contributed by atoms with Crippen LogP contribution in [0.2, 0.25) is 0 Å². The highest BCUT2D eigenvalue weighted by atomic mass is 16.3. The summed E-state index contributed by atoms with van der Waals surface area (Å²) in [5.41, 5.74) is 19.2. The summed E-state index contributed by atoms with van der Waals surface area (Å²) in [6, 6.07) is 50.5. The first-order valence-corrected chi connectivity index (χ1v) is 21.5. The summed E-state index contributed by atoms with van der Waals surface area (Å²) in [7, 11) is 13.5. The summed E-state index contributed by atoms with van der Waals surface area (Å²) in [5.74, 6) is 1.67. The molecule has 12 heteroatoms. The molecule has 0 aliphatic rings. The Labute approximate surface area is 368 Å². The Hall–Kier alpha value is -7.44. The fraction of sp³-hybridized carbons (Fsp3) is 0. The summed E-state index contributed by atoms with van der Waals surface area (Å²) >= 11 is 0. The van der Waals surface area contributed by atoms with Gasteiger partial charge in [-0.3, -0.25) is 0 Å². The van der Waals surface area contributed by atoms with Crippen molar-refractivity contribution < 1.29 is 8.83 Å². The predicted octanol–water partition coefficient (Wildman–Crippen LogP) is 2.99. The molecule has 0 aliphatic heterocycles. The van der Waals surface area contributed by atoms with Gasteiger partial charge in [-0.2, -0.15) is 0 Å². The molecule has 0 spiro atoms. The molecule has 0 N–H and O–H groups in total. The Kier molecular flexibility index (Phi) is 8.32. The van der Waals surface area contributed by atoms with E-state index in [-0.39, 0.29) is 0 Å². The van der Waals surface area contributed by atoms with Gasteiger partial charge in [0.15, 0.2) is 17.5 Å². The molecule has 63 heavy (non-hydrogen) atoms. The van der Waals surface area contributed by atoms with Crippen molar-refractivity contribution in [2.24, 2.45) is 0 Å². The summed E-state index contributed by atoms with van der Waals surface area (Å²) < 4.78 is 16.0. The number of hydrogen-bond donors (Lipinski definition) is 0. The van der Waals surface area contributed by atoms with Crippen LogP contribution < -0.4 is 32.8 Å². The van der Waals surface area contributed by atoms with Crippen molar-refractivity contribution in [3.05, 3.63) is 146 Å². The van der Waals surface area contributed by atoms with Gasteiger partial charge in [-0.15, -0.1) is 0 Å². The Morgan fingerprint density at radius 2 is 0.937 bits per heavy atom. The van der Waals surface area contributed by atoms with Gasteiger partial charge >= 0.3 is 0 Å². The molecule has 4 aromatic heterocycles. The minimum absolute atomic E-state index is 0.539. The topological polar surface area (TPSA) is 69.9 Å². The summed E-state index contributed by atoms with van der Waals surface area (Å²) in [6.07, 6.45) is 0. The number of furan rings is 2. The number of nitrogens with zero attached hydrogens (tertiary/aromatic N) is 4. The number of rotatable bonds is 5. The number of hydrogen-bond acceptors (Lipinski definition) is 5. The Bertz CT molecular complexity index is 3810. The third kappa shape index (κ3) is 5.70. The maximum Gasteiger partial charge on any atom is 0.167 e. The van der Waals surface area contributed by atoms with Crippen LogP contribution in [0.3, 0.4) is 0 Å². The van der Waals surface area contributed by atoms with Gasteiger partial charge in [-0.25, -0.2) is 15.0 Å². The second kappa shape index (κ2) is 14.0. The van der Waals surface area contributed by atoms with Crippen molar-refractivity contribution in [3.8, 4) is 51.0 Å². The minimum atomic E-state index is 0.539. The van der Waals surface area contributed by atoms with Crippen LogP contribution in [0, 0.1) is 0 Å². The fourth-order valence-electron chi connectivity index (χ4n) is 9.93. The Morgan fingerprint density at radius 3 is 1.63 bits per heavy atom. The first-order chi connectivity index (χ1) is 30.7. The molecule has 6 nitrogen and oxygen atoms in total. The number of fused-ring (bicyclic) bond motifs is 9. The fourth-order valence-corrected chi connectivity index (χ4v) is 9.93. The van der Waals surface area contributed by atoms with E-state index in [1.54, 1.807) is 0 Å². The van der Waals surface area contributed by atoms with Gasteiger partial charge in [0.05, 0.1) is 5.56 Å². The molecular weight excluding hydrogens is 765 g/mol. The number of benzene rings is 8. The van der Waals surface area contributed by atoms with E-state index in [4.69, 9.17) is 23.8 Å². The molecular formula is C51H36B6N4O2. The molecule has 8 aromatic carbocycles. The summed E-state index contributed by atoms with van der Waals surface area (Å²) in [5, 5.41) is 6.80. The zero-order valence-electron chi connectivity index (χ0n) is 36.0. The van der Waals surface area contributed by atoms with Crippen molar-refractivity contribution in [1.82, 2.24) is 19.5 Å². The molecule has 0 aliphatic carbocycles. The van der Waals surface area contributed by atoms with E-state index in [1.807, 2.05) is 60.7 Å². The lowest BCUT2D eigenvalue weighted by Crippen LogP contribution is -2.33. The predicted molar refractivity (Wildman–Crippen MR) is 280 cm³/mol. The van der Waals surface area contributed by atoms with Crippen LogP contribution in [0.25, 0.3) is 117 Å². The van der Waals surface area contributed by atoms with Gasteiger partial charge in [0.2, 0.25) is 0 Å². The third-order valence-electron chi connectivity index (χ3n) is 13.2. The lowest BCUT2D eigenvalue weighted by molar-refractivity contribution is 0.669. The number of para-hydroxylation sites is 2. The van der Waals surface area contributed by atoms with E-state index in [1.165, 1.54) is 54.6 Å². The van der Waals surface area contributed by atoms with Gasteiger partial charge in [-0.05, 0) is 52.7 Å². The van der Waals surface area contributed by atoms with Crippen LogP contribution in [0.15, 0.2) is 154 Å². The quantitative estimate of drug-likeness (QED) is 0.251. The van der Waals surface area contributed by atoms with E-state index in [0.29, 0.717) is 17.5 Å². The van der Waals surface area contributed by atoms with Gasteiger partial charge in [0.1, 0.15) is 69.4 Å². The van der Waals surface area contributed by atoms with E-state index in [9.17, 15) is 0 Å². The van der Waals surface area contributed by atoms with Gasteiger partial charge < -0.3 is 13.4 Å². The minimum Gasteiger partial charge on any atom is -0.455 e. The van der Waals surface area contributed by atoms with Gasteiger partial charge in [-0.1, -0.05) is 142 Å². The van der Waals surface area contributed by atoms with Crippen molar-refractivity contribution in [3.63, 3.8) is 0 Å². The average molecular weight is 802 g/mol. The molecule has 12 aromatic rings. The standard InChI is InChI=1S/C51H36B6N4O2/c52-35-23-37(54)45-41(43(35)56)42-44(57)36(53)24-38(55)46(42)61(45)28-21-33(25-10-3-1-4-11-25)48-34(22-28)30-19-18-27(20-40(30)63-48)50-58-49(26-12-5-2-6-13-26)59-51(60-50)32-16-9-15-31-29-14-7-8-17-39(29)62-47(31)32/h1-24H,52-57H2. The molecule has 0 unspecified atom stereocenters. The van der Waals surface area contributed by atoms with Crippen LogP contribution in [-0.4, -0.2) is 66.6 Å². The van der Waals surface area contributed by atoms with Crippen LogP contribution in [0.4, 0.5) is 0 Å². The summed E-state index contributed by atoms with van der Waals surface area (Å²) in [4.78, 5) is 15.3. The van der Waals surface area contributed by atoms with Crippen LogP contribution >= 0.6 is 0 Å². The largest absolute Gasteiger partial charge is 0.455 e. The van der Waals surface area contributed by atoms with Crippen molar-refractivity contribution >= 4 is 146 Å². The summed E-state index contributed by atoms with van der Waals surface area (Å²) in [6.45, 7) is 0. The first kappa shape index (κ1) is 37.3. The highest BCUT2D eigenvalue weighted by Crippen LogP contribution is 2.41. The molecule has 0 atom stereocenters.